The summed E-state index contributed by atoms with van der Waals surface area (Å²) < 4.78 is 2.23. The maximum atomic E-state index is 5.04. The molecule has 1 aromatic carbocycles. The highest BCUT2D eigenvalue weighted by atomic mass is 15.1. The summed E-state index contributed by atoms with van der Waals surface area (Å²) in [5, 5.41) is 0. The molecule has 0 amide bonds. The molecule has 0 fully saturated rings. The molecule has 2 heterocycles. The number of aromatic nitrogens is 3. The van der Waals surface area contributed by atoms with E-state index in [9.17, 15) is 0 Å². The van der Waals surface area contributed by atoms with E-state index in [1.807, 2.05) is 0 Å². The second-order valence-corrected chi connectivity index (χ2v) is 9.04. The fourth-order valence-electron chi connectivity index (χ4n) is 3.65. The van der Waals surface area contributed by atoms with E-state index < -0.39 is 0 Å². The molecule has 3 aromatic rings. The molecule has 0 spiro atoms. The number of rotatable bonds is 3. The van der Waals surface area contributed by atoms with Gasteiger partial charge in [0.1, 0.15) is 5.82 Å². The summed E-state index contributed by atoms with van der Waals surface area (Å²) >= 11 is 0. The van der Waals surface area contributed by atoms with Gasteiger partial charge in [-0.05, 0) is 68.0 Å². The van der Waals surface area contributed by atoms with Crippen LogP contribution < -0.4 is 0 Å². The first-order valence-electron chi connectivity index (χ1n) is 10.0. The molecule has 1 unspecified atom stereocenters. The standard InChI is InChI=1S/C24H33N3/c1-10-14(2)18-13-21(24(6,7)8)25-17(5)22(18)23-26-19-11-15(3)16(4)12-20(19)27(23)9/h11-14H,10H2,1-9H3. The molecule has 0 N–H and O–H groups in total. The topological polar surface area (TPSA) is 30.7 Å². The number of imidazole rings is 1. The predicted molar refractivity (Wildman–Crippen MR) is 116 cm³/mol. The molecule has 0 bridgehead atoms. The van der Waals surface area contributed by atoms with E-state index in [4.69, 9.17) is 9.97 Å². The Labute approximate surface area is 163 Å². The van der Waals surface area contributed by atoms with Crippen LogP contribution in [0.2, 0.25) is 0 Å². The number of hydrogen-bond acceptors (Lipinski definition) is 2. The minimum absolute atomic E-state index is 0.0338. The Bertz CT molecular complexity index is 1000. The molecule has 0 radical (unpaired) electrons. The van der Waals surface area contributed by atoms with Gasteiger partial charge in [-0.3, -0.25) is 4.98 Å². The number of aryl methyl sites for hydroxylation is 4. The van der Waals surface area contributed by atoms with Crippen LogP contribution in [0.15, 0.2) is 18.2 Å². The average Bonchev–Trinajstić information content (AvgIpc) is 2.89. The first-order valence-corrected chi connectivity index (χ1v) is 10.0. The van der Waals surface area contributed by atoms with Crippen molar-refractivity contribution in [2.75, 3.05) is 0 Å². The van der Waals surface area contributed by atoms with Crippen LogP contribution in [-0.4, -0.2) is 14.5 Å². The third kappa shape index (κ3) is 3.40. The van der Waals surface area contributed by atoms with Crippen molar-refractivity contribution in [3.8, 4) is 11.4 Å². The number of benzene rings is 1. The van der Waals surface area contributed by atoms with Gasteiger partial charge >= 0.3 is 0 Å². The zero-order chi connectivity index (χ0) is 20.1. The van der Waals surface area contributed by atoms with Gasteiger partial charge in [0.15, 0.2) is 0 Å². The summed E-state index contributed by atoms with van der Waals surface area (Å²) in [5.41, 5.74) is 9.66. The highest BCUT2D eigenvalue weighted by Crippen LogP contribution is 2.37. The van der Waals surface area contributed by atoms with Crippen molar-refractivity contribution in [3.63, 3.8) is 0 Å². The van der Waals surface area contributed by atoms with Crippen molar-refractivity contribution < 1.29 is 0 Å². The number of fused-ring (bicyclic) bond motifs is 1. The van der Waals surface area contributed by atoms with Crippen LogP contribution in [0.4, 0.5) is 0 Å². The smallest absolute Gasteiger partial charge is 0.142 e. The lowest BCUT2D eigenvalue weighted by Gasteiger charge is -2.24. The minimum Gasteiger partial charge on any atom is -0.327 e. The Balaban J connectivity index is 2.34. The summed E-state index contributed by atoms with van der Waals surface area (Å²) in [6, 6.07) is 6.76. The third-order valence-electron chi connectivity index (χ3n) is 5.86. The van der Waals surface area contributed by atoms with E-state index in [0.717, 1.165) is 29.1 Å². The molecule has 2 aromatic heterocycles. The summed E-state index contributed by atoms with van der Waals surface area (Å²) in [4.78, 5) is 10.0. The van der Waals surface area contributed by atoms with Crippen LogP contribution >= 0.6 is 0 Å². The van der Waals surface area contributed by atoms with Gasteiger partial charge < -0.3 is 4.57 Å². The molecular weight excluding hydrogens is 330 g/mol. The van der Waals surface area contributed by atoms with Gasteiger partial charge in [0, 0.05) is 29.4 Å². The van der Waals surface area contributed by atoms with E-state index in [0.29, 0.717) is 5.92 Å². The molecule has 27 heavy (non-hydrogen) atoms. The maximum absolute atomic E-state index is 5.04. The highest BCUT2D eigenvalue weighted by molar-refractivity contribution is 5.83. The summed E-state index contributed by atoms with van der Waals surface area (Å²) in [7, 11) is 2.12. The van der Waals surface area contributed by atoms with Crippen molar-refractivity contribution >= 4 is 11.0 Å². The molecule has 0 aliphatic carbocycles. The molecule has 144 valence electrons. The first kappa shape index (κ1) is 19.6. The van der Waals surface area contributed by atoms with E-state index >= 15 is 0 Å². The lowest BCUT2D eigenvalue weighted by molar-refractivity contribution is 0.564. The van der Waals surface area contributed by atoms with Gasteiger partial charge in [0.2, 0.25) is 0 Å². The molecule has 3 rings (SSSR count). The van der Waals surface area contributed by atoms with Gasteiger partial charge in [0.25, 0.3) is 0 Å². The molecule has 0 aliphatic rings. The van der Waals surface area contributed by atoms with Gasteiger partial charge in [-0.15, -0.1) is 0 Å². The van der Waals surface area contributed by atoms with Crippen molar-refractivity contribution in [2.45, 2.75) is 73.1 Å². The molecule has 0 saturated carbocycles. The quantitative estimate of drug-likeness (QED) is 0.541. The van der Waals surface area contributed by atoms with E-state index in [2.05, 4.69) is 85.2 Å². The Morgan fingerprint density at radius 2 is 1.63 bits per heavy atom. The van der Waals surface area contributed by atoms with Gasteiger partial charge in [-0.25, -0.2) is 4.98 Å². The number of hydrogen-bond donors (Lipinski definition) is 0. The molecule has 3 heteroatoms. The molecule has 1 atom stereocenters. The summed E-state index contributed by atoms with van der Waals surface area (Å²) in [5.74, 6) is 1.49. The van der Waals surface area contributed by atoms with Crippen molar-refractivity contribution in [3.05, 3.63) is 46.3 Å². The molecule has 0 aliphatic heterocycles. The van der Waals surface area contributed by atoms with E-state index in [1.165, 1.54) is 27.8 Å². The molecule has 0 saturated heterocycles. The number of pyridine rings is 1. The van der Waals surface area contributed by atoms with E-state index in [1.54, 1.807) is 0 Å². The zero-order valence-corrected chi connectivity index (χ0v) is 18.4. The Hall–Kier alpha value is -2.16. The second kappa shape index (κ2) is 6.78. The minimum atomic E-state index is 0.0338. The highest BCUT2D eigenvalue weighted by Gasteiger charge is 2.24. The lowest BCUT2D eigenvalue weighted by Crippen LogP contribution is -2.16. The van der Waals surface area contributed by atoms with Gasteiger partial charge in [-0.2, -0.15) is 0 Å². The average molecular weight is 364 g/mol. The normalized spacial score (nSPS) is 13.4. The van der Waals surface area contributed by atoms with Crippen LogP contribution in [0.1, 0.15) is 75.0 Å². The second-order valence-electron chi connectivity index (χ2n) is 9.04. The summed E-state index contributed by atoms with van der Waals surface area (Å²) in [6.07, 6.45) is 1.10. The Morgan fingerprint density at radius 1 is 1.00 bits per heavy atom. The summed E-state index contributed by atoms with van der Waals surface area (Å²) in [6.45, 7) is 17.7. The lowest BCUT2D eigenvalue weighted by atomic mass is 9.85. The fraction of sp³-hybridized carbons (Fsp3) is 0.500. The van der Waals surface area contributed by atoms with Gasteiger partial charge in [0.05, 0.1) is 11.0 Å². The first-order chi connectivity index (χ1) is 12.5. The van der Waals surface area contributed by atoms with Crippen molar-refractivity contribution in [2.24, 2.45) is 7.05 Å². The van der Waals surface area contributed by atoms with Gasteiger partial charge in [-0.1, -0.05) is 34.6 Å². The SMILES string of the molecule is CCC(C)c1cc(C(C)(C)C)nc(C)c1-c1nc2cc(C)c(C)cc2n1C. The van der Waals surface area contributed by atoms with Crippen LogP contribution in [0.5, 0.6) is 0 Å². The fourth-order valence-corrected chi connectivity index (χ4v) is 3.65. The van der Waals surface area contributed by atoms with Crippen LogP contribution in [0, 0.1) is 20.8 Å². The maximum Gasteiger partial charge on any atom is 0.142 e. The van der Waals surface area contributed by atoms with Crippen molar-refractivity contribution in [1.82, 2.24) is 14.5 Å². The van der Waals surface area contributed by atoms with Crippen LogP contribution in [-0.2, 0) is 12.5 Å². The largest absolute Gasteiger partial charge is 0.327 e. The third-order valence-corrected chi connectivity index (χ3v) is 5.86. The van der Waals surface area contributed by atoms with Crippen LogP contribution in [0.3, 0.4) is 0 Å². The zero-order valence-electron chi connectivity index (χ0n) is 18.4. The van der Waals surface area contributed by atoms with E-state index in [-0.39, 0.29) is 5.41 Å². The van der Waals surface area contributed by atoms with Crippen LogP contribution in [0.25, 0.3) is 22.4 Å². The Kier molecular flexibility index (Phi) is 4.92. The number of nitrogens with zero attached hydrogens (tertiary/aromatic N) is 3. The Morgan fingerprint density at radius 3 is 2.22 bits per heavy atom. The van der Waals surface area contributed by atoms with Crippen molar-refractivity contribution in [1.29, 1.82) is 0 Å². The molecular formula is C24H33N3. The predicted octanol–water partition coefficient (Wildman–Crippen LogP) is 6.37. The monoisotopic (exact) mass is 363 g/mol. The molecule has 3 nitrogen and oxygen atoms in total.